The van der Waals surface area contributed by atoms with E-state index in [0.717, 1.165) is 20.9 Å². The van der Waals surface area contributed by atoms with Gasteiger partial charge < -0.3 is 9.72 Å². The Morgan fingerprint density at radius 2 is 1.79 bits per heavy atom. The summed E-state index contributed by atoms with van der Waals surface area (Å²) in [7, 11) is 0. The van der Waals surface area contributed by atoms with Gasteiger partial charge in [0.15, 0.2) is 12.4 Å². The lowest BCUT2D eigenvalue weighted by atomic mass is 10.1. The molecule has 0 fully saturated rings. The molecule has 0 saturated carbocycles. The fraction of sp³-hybridized carbons (Fsp3) is 0.158. The summed E-state index contributed by atoms with van der Waals surface area (Å²) >= 11 is 3.31. The molecule has 3 aromatic rings. The topological polar surface area (TPSA) is 59.2 Å². The first-order valence-corrected chi connectivity index (χ1v) is 8.42. The van der Waals surface area contributed by atoms with Crippen LogP contribution in [-0.4, -0.2) is 23.3 Å². The van der Waals surface area contributed by atoms with Crippen LogP contribution in [0.2, 0.25) is 0 Å². The van der Waals surface area contributed by atoms with Crippen LogP contribution in [0.15, 0.2) is 59.2 Å². The second-order valence-corrected chi connectivity index (χ2v) is 6.37. The minimum absolute atomic E-state index is 0.206. The molecule has 0 spiro atoms. The highest BCUT2D eigenvalue weighted by molar-refractivity contribution is 9.10. The minimum Gasteiger partial charge on any atom is -0.457 e. The van der Waals surface area contributed by atoms with E-state index in [1.165, 1.54) is 0 Å². The monoisotopic (exact) mass is 385 g/mol. The summed E-state index contributed by atoms with van der Waals surface area (Å²) < 4.78 is 5.99. The van der Waals surface area contributed by atoms with E-state index in [-0.39, 0.29) is 24.8 Å². The first-order valence-electron chi connectivity index (χ1n) is 7.63. The van der Waals surface area contributed by atoms with Gasteiger partial charge in [0.1, 0.15) is 0 Å². The lowest BCUT2D eigenvalue weighted by Gasteiger charge is -2.04. The molecule has 0 bridgehead atoms. The Morgan fingerprint density at radius 1 is 1.04 bits per heavy atom. The zero-order valence-corrected chi connectivity index (χ0v) is 14.5. The number of ketones is 1. The fourth-order valence-corrected chi connectivity index (χ4v) is 2.78. The number of ether oxygens (including phenoxy) is 1. The van der Waals surface area contributed by atoms with Gasteiger partial charge in [-0.15, -0.1) is 0 Å². The molecule has 122 valence electrons. The van der Waals surface area contributed by atoms with Crippen molar-refractivity contribution in [1.82, 2.24) is 4.98 Å². The van der Waals surface area contributed by atoms with Crippen LogP contribution in [0.4, 0.5) is 0 Å². The van der Waals surface area contributed by atoms with Gasteiger partial charge in [-0.05, 0) is 30.2 Å². The molecule has 1 N–H and O–H groups in total. The SMILES string of the molecule is O=C(CCc1c[nH]c2ccccc12)OCC(=O)c1ccc(Br)cc1. The predicted molar refractivity (Wildman–Crippen MR) is 96.1 cm³/mol. The Labute approximate surface area is 148 Å². The number of aromatic nitrogens is 1. The second-order valence-electron chi connectivity index (χ2n) is 5.45. The number of nitrogens with one attached hydrogen (secondary N) is 1. The molecule has 5 heteroatoms. The first kappa shape index (κ1) is 16.5. The summed E-state index contributed by atoms with van der Waals surface area (Å²) in [6.45, 7) is -0.228. The third-order valence-electron chi connectivity index (χ3n) is 3.80. The number of halogens is 1. The average molecular weight is 386 g/mol. The largest absolute Gasteiger partial charge is 0.457 e. The first-order chi connectivity index (χ1) is 11.6. The highest BCUT2D eigenvalue weighted by atomic mass is 79.9. The molecule has 0 atom stereocenters. The average Bonchev–Trinajstić information content (AvgIpc) is 3.01. The lowest BCUT2D eigenvalue weighted by Crippen LogP contribution is -2.14. The summed E-state index contributed by atoms with van der Waals surface area (Å²) in [6, 6.07) is 14.9. The highest BCUT2D eigenvalue weighted by Crippen LogP contribution is 2.19. The number of carbonyl (C=O) groups excluding carboxylic acids is 2. The number of carbonyl (C=O) groups is 2. The van der Waals surface area contributed by atoms with E-state index >= 15 is 0 Å². The van der Waals surface area contributed by atoms with Crippen molar-refractivity contribution in [2.45, 2.75) is 12.8 Å². The summed E-state index contributed by atoms with van der Waals surface area (Å²) in [4.78, 5) is 27.0. The van der Waals surface area contributed by atoms with E-state index in [1.54, 1.807) is 24.3 Å². The molecule has 0 aliphatic carbocycles. The second kappa shape index (κ2) is 7.45. The number of fused-ring (bicyclic) bond motifs is 1. The van der Waals surface area contributed by atoms with Crippen molar-refractivity contribution in [3.63, 3.8) is 0 Å². The van der Waals surface area contributed by atoms with Crippen LogP contribution < -0.4 is 0 Å². The van der Waals surface area contributed by atoms with Crippen LogP contribution >= 0.6 is 15.9 Å². The molecule has 0 unspecified atom stereocenters. The van der Waals surface area contributed by atoms with Gasteiger partial charge in [-0.1, -0.05) is 46.3 Å². The molecule has 0 aliphatic heterocycles. The van der Waals surface area contributed by atoms with E-state index in [1.807, 2.05) is 30.5 Å². The van der Waals surface area contributed by atoms with Gasteiger partial charge in [-0.2, -0.15) is 0 Å². The highest BCUT2D eigenvalue weighted by Gasteiger charge is 2.11. The number of para-hydroxylation sites is 1. The van der Waals surface area contributed by atoms with Crippen molar-refractivity contribution < 1.29 is 14.3 Å². The molecule has 24 heavy (non-hydrogen) atoms. The molecular weight excluding hydrogens is 370 g/mol. The molecule has 0 radical (unpaired) electrons. The molecule has 0 aliphatic rings. The number of H-pyrrole nitrogens is 1. The van der Waals surface area contributed by atoms with Crippen LogP contribution in [0.1, 0.15) is 22.3 Å². The van der Waals surface area contributed by atoms with E-state index in [4.69, 9.17) is 4.74 Å². The Morgan fingerprint density at radius 3 is 2.58 bits per heavy atom. The van der Waals surface area contributed by atoms with Crippen LogP contribution in [0.5, 0.6) is 0 Å². The zero-order chi connectivity index (χ0) is 16.9. The molecule has 0 amide bonds. The molecule has 4 nitrogen and oxygen atoms in total. The van der Waals surface area contributed by atoms with Gasteiger partial charge in [0, 0.05) is 33.6 Å². The maximum Gasteiger partial charge on any atom is 0.306 e. The maximum absolute atomic E-state index is 12.0. The summed E-state index contributed by atoms with van der Waals surface area (Å²) in [6.07, 6.45) is 2.73. The van der Waals surface area contributed by atoms with Gasteiger partial charge >= 0.3 is 5.97 Å². The number of hydrogen-bond acceptors (Lipinski definition) is 3. The number of aryl methyl sites for hydroxylation is 1. The summed E-state index contributed by atoms with van der Waals surface area (Å²) in [5.74, 6) is -0.575. The van der Waals surface area contributed by atoms with Crippen LogP contribution in [0.25, 0.3) is 10.9 Å². The third-order valence-corrected chi connectivity index (χ3v) is 4.33. The number of esters is 1. The van der Waals surface area contributed by atoms with Crippen molar-refractivity contribution in [2.24, 2.45) is 0 Å². The molecule has 1 heterocycles. The van der Waals surface area contributed by atoms with Crippen molar-refractivity contribution in [3.8, 4) is 0 Å². The number of rotatable bonds is 6. The van der Waals surface area contributed by atoms with Gasteiger partial charge in [0.2, 0.25) is 0 Å². The van der Waals surface area contributed by atoms with Gasteiger partial charge in [0.05, 0.1) is 0 Å². The third kappa shape index (κ3) is 3.92. The van der Waals surface area contributed by atoms with Crippen molar-refractivity contribution in [3.05, 3.63) is 70.3 Å². The Balaban J connectivity index is 1.51. The Kier molecular flexibility index (Phi) is 5.11. The Hall–Kier alpha value is -2.40. The molecular formula is C19H16BrNO3. The van der Waals surface area contributed by atoms with Gasteiger partial charge in [-0.25, -0.2) is 0 Å². The number of hydrogen-bond donors (Lipinski definition) is 1. The van der Waals surface area contributed by atoms with E-state index in [0.29, 0.717) is 12.0 Å². The summed E-state index contributed by atoms with van der Waals surface area (Å²) in [5, 5.41) is 1.11. The van der Waals surface area contributed by atoms with Crippen LogP contribution in [0, 0.1) is 0 Å². The smallest absolute Gasteiger partial charge is 0.306 e. The van der Waals surface area contributed by atoms with Crippen molar-refractivity contribution in [1.29, 1.82) is 0 Å². The van der Waals surface area contributed by atoms with Crippen LogP contribution in [0.3, 0.4) is 0 Å². The lowest BCUT2D eigenvalue weighted by molar-refractivity contribution is -0.142. The number of Topliss-reactive ketones (excluding diaryl/α,β-unsaturated/α-hetero) is 1. The van der Waals surface area contributed by atoms with Crippen LogP contribution in [-0.2, 0) is 16.0 Å². The van der Waals surface area contributed by atoms with Gasteiger partial charge in [-0.3, -0.25) is 9.59 Å². The maximum atomic E-state index is 12.0. The standard InChI is InChI=1S/C19H16BrNO3/c20-15-8-5-13(6-9-15)18(22)12-24-19(23)10-7-14-11-21-17-4-2-1-3-16(14)17/h1-6,8-9,11,21H,7,10,12H2. The molecule has 3 rings (SSSR count). The minimum atomic E-state index is -0.370. The fourth-order valence-electron chi connectivity index (χ4n) is 2.51. The molecule has 1 aromatic heterocycles. The number of aromatic amines is 1. The van der Waals surface area contributed by atoms with E-state index in [2.05, 4.69) is 20.9 Å². The van der Waals surface area contributed by atoms with E-state index in [9.17, 15) is 9.59 Å². The summed E-state index contributed by atoms with van der Waals surface area (Å²) in [5.41, 5.74) is 2.65. The molecule has 2 aromatic carbocycles. The van der Waals surface area contributed by atoms with Gasteiger partial charge in [0.25, 0.3) is 0 Å². The quantitative estimate of drug-likeness (QED) is 0.508. The predicted octanol–water partition coefficient (Wildman–Crippen LogP) is 4.29. The van der Waals surface area contributed by atoms with Crippen molar-refractivity contribution in [2.75, 3.05) is 6.61 Å². The number of benzene rings is 2. The van der Waals surface area contributed by atoms with E-state index < -0.39 is 0 Å². The Bertz CT molecular complexity index is 868. The zero-order valence-electron chi connectivity index (χ0n) is 12.9. The van der Waals surface area contributed by atoms with Crippen molar-refractivity contribution >= 4 is 38.6 Å². The normalized spacial score (nSPS) is 10.7. The molecule has 0 saturated heterocycles.